The third kappa shape index (κ3) is 2.67. The summed E-state index contributed by atoms with van der Waals surface area (Å²) in [6, 6.07) is 11.4. The van der Waals surface area contributed by atoms with Crippen LogP contribution in [0.2, 0.25) is 0 Å². The van der Waals surface area contributed by atoms with Crippen molar-refractivity contribution in [3.8, 4) is 0 Å². The molecule has 1 nitrogen and oxygen atoms in total. The smallest absolute Gasteiger partial charge is 0.185 e. The second kappa shape index (κ2) is 4.90. The van der Waals surface area contributed by atoms with Gasteiger partial charge >= 0.3 is 0 Å². The summed E-state index contributed by atoms with van der Waals surface area (Å²) in [5, 5.41) is 2.08. The molecular weight excluding hydrogens is 216 g/mol. The van der Waals surface area contributed by atoms with Crippen molar-refractivity contribution >= 4 is 23.2 Å². The van der Waals surface area contributed by atoms with E-state index in [0.717, 1.165) is 10.4 Å². The van der Waals surface area contributed by atoms with Gasteiger partial charge in [0, 0.05) is 10.4 Å². The molecule has 1 aromatic carbocycles. The van der Waals surface area contributed by atoms with Crippen LogP contribution in [0, 0.1) is 6.92 Å². The molecule has 0 spiro atoms. The van der Waals surface area contributed by atoms with Crippen molar-refractivity contribution < 1.29 is 4.79 Å². The lowest BCUT2D eigenvalue weighted by atomic mass is 10.1. The molecule has 0 N–H and O–H groups in total. The van der Waals surface area contributed by atoms with E-state index < -0.39 is 0 Å². The van der Waals surface area contributed by atoms with E-state index >= 15 is 0 Å². The summed E-state index contributed by atoms with van der Waals surface area (Å²) < 4.78 is 0. The van der Waals surface area contributed by atoms with E-state index in [4.69, 9.17) is 0 Å². The molecule has 0 amide bonds. The van der Waals surface area contributed by atoms with Crippen LogP contribution in [0.1, 0.15) is 20.8 Å². The Morgan fingerprint density at radius 1 is 1.25 bits per heavy atom. The minimum Gasteiger partial charge on any atom is -0.289 e. The van der Waals surface area contributed by atoms with Gasteiger partial charge in [-0.3, -0.25) is 4.79 Å². The van der Waals surface area contributed by atoms with Gasteiger partial charge < -0.3 is 0 Å². The summed E-state index contributed by atoms with van der Waals surface area (Å²) in [6.45, 7) is 2.05. The number of carbonyl (C=O) groups is 1. The number of rotatable bonds is 3. The Bertz CT molecular complexity index is 509. The van der Waals surface area contributed by atoms with Gasteiger partial charge in [-0.1, -0.05) is 30.3 Å². The standard InChI is InChI=1S/C14H12OS/c1-11-9-13(16-10-11)7-8-14(15)12-5-3-2-4-6-12/h2-10H,1H3. The first-order valence-electron chi connectivity index (χ1n) is 5.08. The number of thiophene rings is 1. The number of benzene rings is 1. The van der Waals surface area contributed by atoms with Crippen molar-refractivity contribution in [3.05, 3.63) is 63.9 Å². The Morgan fingerprint density at radius 3 is 2.62 bits per heavy atom. The third-order valence-corrected chi connectivity index (χ3v) is 3.22. The average molecular weight is 228 g/mol. The van der Waals surface area contributed by atoms with E-state index in [1.165, 1.54) is 5.56 Å². The first-order valence-corrected chi connectivity index (χ1v) is 5.96. The van der Waals surface area contributed by atoms with Crippen molar-refractivity contribution in [1.82, 2.24) is 0 Å². The number of allylic oxidation sites excluding steroid dienone is 1. The molecule has 0 saturated carbocycles. The molecule has 16 heavy (non-hydrogen) atoms. The van der Waals surface area contributed by atoms with E-state index in [1.54, 1.807) is 17.4 Å². The van der Waals surface area contributed by atoms with Crippen LogP contribution in [0.3, 0.4) is 0 Å². The lowest BCUT2D eigenvalue weighted by molar-refractivity contribution is 0.104. The molecule has 80 valence electrons. The number of hydrogen-bond donors (Lipinski definition) is 0. The molecule has 0 radical (unpaired) electrons. The Morgan fingerprint density at radius 2 is 2.00 bits per heavy atom. The van der Waals surface area contributed by atoms with Gasteiger partial charge in [0.15, 0.2) is 5.78 Å². The molecule has 0 fully saturated rings. The maximum Gasteiger partial charge on any atom is 0.185 e. The number of ketones is 1. The van der Waals surface area contributed by atoms with Gasteiger partial charge in [-0.15, -0.1) is 11.3 Å². The first-order chi connectivity index (χ1) is 7.75. The average Bonchev–Trinajstić information content (AvgIpc) is 2.73. The van der Waals surface area contributed by atoms with E-state index in [0.29, 0.717) is 0 Å². The van der Waals surface area contributed by atoms with E-state index in [-0.39, 0.29) is 5.78 Å². The highest BCUT2D eigenvalue weighted by Gasteiger charge is 1.99. The maximum atomic E-state index is 11.7. The van der Waals surface area contributed by atoms with Crippen LogP contribution < -0.4 is 0 Å². The van der Waals surface area contributed by atoms with Crippen molar-refractivity contribution in [3.63, 3.8) is 0 Å². The summed E-state index contributed by atoms with van der Waals surface area (Å²) in [5.41, 5.74) is 1.96. The number of carbonyl (C=O) groups excluding carboxylic acids is 1. The molecule has 0 aliphatic rings. The number of aryl methyl sites for hydroxylation is 1. The minimum absolute atomic E-state index is 0.0478. The molecule has 2 aromatic rings. The molecule has 0 unspecified atom stereocenters. The van der Waals surface area contributed by atoms with Gasteiger partial charge in [-0.2, -0.15) is 0 Å². The topological polar surface area (TPSA) is 17.1 Å². The van der Waals surface area contributed by atoms with Crippen molar-refractivity contribution in [2.75, 3.05) is 0 Å². The fourth-order valence-corrected chi connectivity index (χ4v) is 2.19. The zero-order chi connectivity index (χ0) is 11.4. The molecule has 0 aliphatic carbocycles. The molecule has 2 rings (SSSR count). The van der Waals surface area contributed by atoms with Crippen LogP contribution in [-0.2, 0) is 0 Å². The van der Waals surface area contributed by atoms with Gasteiger partial charge in [0.1, 0.15) is 0 Å². The van der Waals surface area contributed by atoms with Gasteiger partial charge in [0.25, 0.3) is 0 Å². The van der Waals surface area contributed by atoms with Crippen molar-refractivity contribution in [2.24, 2.45) is 0 Å². The van der Waals surface area contributed by atoms with Crippen LogP contribution in [0.15, 0.2) is 47.9 Å². The molecule has 0 atom stereocenters. The molecule has 1 aromatic heterocycles. The second-order valence-electron chi connectivity index (χ2n) is 3.59. The van der Waals surface area contributed by atoms with Crippen molar-refractivity contribution in [2.45, 2.75) is 6.92 Å². The summed E-state index contributed by atoms with van der Waals surface area (Å²) in [6.07, 6.45) is 3.49. The zero-order valence-corrected chi connectivity index (χ0v) is 9.83. The highest BCUT2D eigenvalue weighted by Crippen LogP contribution is 2.15. The summed E-state index contributed by atoms with van der Waals surface area (Å²) >= 11 is 1.65. The van der Waals surface area contributed by atoms with Crippen LogP contribution >= 0.6 is 11.3 Å². The second-order valence-corrected chi connectivity index (χ2v) is 4.53. The van der Waals surface area contributed by atoms with E-state index in [2.05, 4.69) is 11.4 Å². The Hall–Kier alpha value is -1.67. The van der Waals surface area contributed by atoms with Crippen molar-refractivity contribution in [1.29, 1.82) is 0 Å². The predicted molar refractivity (Wildman–Crippen MR) is 68.9 cm³/mol. The zero-order valence-electron chi connectivity index (χ0n) is 9.01. The summed E-state index contributed by atoms with van der Waals surface area (Å²) in [5.74, 6) is 0.0478. The Kier molecular flexibility index (Phi) is 3.32. The maximum absolute atomic E-state index is 11.7. The molecule has 1 heterocycles. The first kappa shape index (κ1) is 10.8. The fraction of sp³-hybridized carbons (Fsp3) is 0.0714. The molecule has 0 bridgehead atoms. The quantitative estimate of drug-likeness (QED) is 0.574. The molecule has 0 saturated heterocycles. The van der Waals surface area contributed by atoms with Gasteiger partial charge in [0.05, 0.1) is 0 Å². The number of hydrogen-bond acceptors (Lipinski definition) is 2. The predicted octanol–water partition coefficient (Wildman–Crippen LogP) is 3.95. The monoisotopic (exact) mass is 228 g/mol. The lowest BCUT2D eigenvalue weighted by Gasteiger charge is -1.92. The van der Waals surface area contributed by atoms with E-state index in [1.807, 2.05) is 43.3 Å². The normalized spacial score (nSPS) is 10.8. The highest BCUT2D eigenvalue weighted by atomic mass is 32.1. The SMILES string of the molecule is Cc1csc(C=CC(=O)c2ccccc2)c1. The summed E-state index contributed by atoms with van der Waals surface area (Å²) in [7, 11) is 0. The Labute approximate surface area is 99.1 Å². The largest absolute Gasteiger partial charge is 0.289 e. The van der Waals surface area contributed by atoms with Crippen LogP contribution in [0.25, 0.3) is 6.08 Å². The van der Waals surface area contributed by atoms with Crippen LogP contribution in [-0.4, -0.2) is 5.78 Å². The highest BCUT2D eigenvalue weighted by molar-refractivity contribution is 7.11. The van der Waals surface area contributed by atoms with Gasteiger partial charge in [0.2, 0.25) is 0 Å². The van der Waals surface area contributed by atoms with Gasteiger partial charge in [-0.05, 0) is 36.1 Å². The van der Waals surface area contributed by atoms with E-state index in [9.17, 15) is 4.79 Å². The third-order valence-electron chi connectivity index (χ3n) is 2.21. The molecule has 0 aliphatic heterocycles. The van der Waals surface area contributed by atoms with Crippen LogP contribution in [0.5, 0.6) is 0 Å². The van der Waals surface area contributed by atoms with Gasteiger partial charge in [-0.25, -0.2) is 0 Å². The summed E-state index contributed by atoms with van der Waals surface area (Å²) in [4.78, 5) is 12.9. The molecule has 2 heteroatoms. The Balaban J connectivity index is 2.11. The van der Waals surface area contributed by atoms with Crippen LogP contribution in [0.4, 0.5) is 0 Å². The minimum atomic E-state index is 0.0478. The lowest BCUT2D eigenvalue weighted by Crippen LogP contribution is -1.92. The fourth-order valence-electron chi connectivity index (χ4n) is 1.40. The molecular formula is C14H12OS.